The number of benzene rings is 1. The summed E-state index contributed by atoms with van der Waals surface area (Å²) in [6.07, 6.45) is 0.169. The van der Waals surface area contributed by atoms with Crippen LogP contribution in [0.25, 0.3) is 0 Å². The third kappa shape index (κ3) is 3.49. The van der Waals surface area contributed by atoms with Gasteiger partial charge in [-0.25, -0.2) is 9.18 Å². The van der Waals surface area contributed by atoms with Gasteiger partial charge in [0.2, 0.25) is 5.91 Å². The molecule has 1 unspecified atom stereocenters. The first-order valence-electron chi connectivity index (χ1n) is 6.38. The fraction of sp³-hybridized carbons (Fsp3) is 0.357. The summed E-state index contributed by atoms with van der Waals surface area (Å²) in [4.78, 5) is 36.5. The van der Waals surface area contributed by atoms with E-state index in [9.17, 15) is 18.8 Å². The smallest absolute Gasteiger partial charge is 0.340 e. The van der Waals surface area contributed by atoms with Crippen molar-refractivity contribution < 1.29 is 23.5 Å². The molecule has 1 aliphatic rings. The van der Waals surface area contributed by atoms with E-state index in [1.807, 2.05) is 0 Å². The van der Waals surface area contributed by atoms with Crippen LogP contribution in [-0.4, -0.2) is 35.9 Å². The van der Waals surface area contributed by atoms with Crippen molar-refractivity contribution >= 4 is 50.4 Å². The molecule has 0 spiro atoms. The minimum Gasteiger partial charge on any atom is -0.465 e. The Morgan fingerprint density at radius 1 is 1.45 bits per heavy atom. The lowest BCUT2D eigenvalue weighted by molar-refractivity contribution is -0.117. The van der Waals surface area contributed by atoms with Gasteiger partial charge in [0.25, 0.3) is 0 Å². The van der Waals surface area contributed by atoms with Gasteiger partial charge >= 0.3 is 5.97 Å². The zero-order valence-corrected chi connectivity index (χ0v) is 14.3. The van der Waals surface area contributed by atoms with Crippen LogP contribution in [0, 0.1) is 5.82 Å². The number of hydrogen-bond donors (Lipinski definition) is 0. The zero-order valence-electron chi connectivity index (χ0n) is 11.9. The maximum absolute atomic E-state index is 13.8. The van der Waals surface area contributed by atoms with Crippen molar-refractivity contribution in [1.82, 2.24) is 0 Å². The largest absolute Gasteiger partial charge is 0.465 e. The number of hydrogen-bond acceptors (Lipinski definition) is 5. The zero-order chi connectivity index (χ0) is 16.4. The molecular weight excluding hydrogens is 377 g/mol. The Bertz CT molecular complexity index is 652. The fourth-order valence-corrected chi connectivity index (χ4v) is 3.52. The minimum absolute atomic E-state index is 0.0881. The van der Waals surface area contributed by atoms with Gasteiger partial charge in [-0.05, 0) is 28.1 Å². The van der Waals surface area contributed by atoms with Crippen LogP contribution < -0.4 is 4.90 Å². The van der Waals surface area contributed by atoms with Crippen LogP contribution in [0.15, 0.2) is 16.6 Å². The molecule has 0 bridgehead atoms. The monoisotopic (exact) mass is 389 g/mol. The predicted octanol–water partition coefficient (Wildman–Crippen LogP) is 2.76. The third-order valence-electron chi connectivity index (χ3n) is 3.16. The van der Waals surface area contributed by atoms with Crippen molar-refractivity contribution in [3.8, 4) is 0 Å². The molecule has 1 aromatic rings. The maximum Gasteiger partial charge on any atom is 0.340 e. The number of anilines is 1. The van der Waals surface area contributed by atoms with Gasteiger partial charge < -0.3 is 9.64 Å². The summed E-state index contributed by atoms with van der Waals surface area (Å²) in [5.74, 6) is -1.50. The second-order valence-electron chi connectivity index (χ2n) is 4.71. The average Bonchev–Trinajstić information content (AvgIpc) is 2.80. The molecule has 118 valence electrons. The highest BCUT2D eigenvalue weighted by molar-refractivity contribution is 9.10. The number of halogens is 2. The summed E-state index contributed by atoms with van der Waals surface area (Å²) in [6.45, 7) is 1.67. The molecule has 8 heteroatoms. The molecule has 0 aliphatic carbocycles. The van der Waals surface area contributed by atoms with E-state index in [0.717, 1.165) is 17.8 Å². The van der Waals surface area contributed by atoms with Crippen LogP contribution in [0.4, 0.5) is 10.1 Å². The molecule has 0 aromatic heterocycles. The summed E-state index contributed by atoms with van der Waals surface area (Å²) in [5, 5.41) is -0.294. The number of nitrogens with zero attached hydrogens (tertiary/aromatic N) is 1. The topological polar surface area (TPSA) is 63.7 Å². The van der Waals surface area contributed by atoms with Crippen LogP contribution in [0.5, 0.6) is 0 Å². The molecule has 0 radical (unpaired) electrons. The van der Waals surface area contributed by atoms with Crippen molar-refractivity contribution in [3.63, 3.8) is 0 Å². The van der Waals surface area contributed by atoms with E-state index in [1.165, 1.54) is 25.0 Å². The lowest BCUT2D eigenvalue weighted by Crippen LogP contribution is -2.27. The molecule has 22 heavy (non-hydrogen) atoms. The van der Waals surface area contributed by atoms with Crippen molar-refractivity contribution in [1.29, 1.82) is 0 Å². The minimum atomic E-state index is -0.661. The fourth-order valence-electron chi connectivity index (χ4n) is 2.25. The summed E-state index contributed by atoms with van der Waals surface area (Å²) < 4.78 is 18.6. The van der Waals surface area contributed by atoms with Crippen LogP contribution in [0.2, 0.25) is 0 Å². The molecular formula is C14H13BrFNO4S. The highest BCUT2D eigenvalue weighted by Crippen LogP contribution is 2.33. The van der Waals surface area contributed by atoms with E-state index < -0.39 is 11.8 Å². The number of carbonyl (C=O) groups is 3. The number of esters is 1. The van der Waals surface area contributed by atoms with E-state index in [-0.39, 0.29) is 45.0 Å². The van der Waals surface area contributed by atoms with Crippen LogP contribution in [0.1, 0.15) is 23.7 Å². The number of methoxy groups -OCH3 is 1. The lowest BCUT2D eigenvalue weighted by Gasteiger charge is -2.20. The second kappa shape index (κ2) is 6.78. The first-order chi connectivity index (χ1) is 10.3. The van der Waals surface area contributed by atoms with Crippen molar-refractivity contribution in [2.45, 2.75) is 18.6 Å². The average molecular weight is 390 g/mol. The summed E-state index contributed by atoms with van der Waals surface area (Å²) in [5.41, 5.74) is 0.252. The van der Waals surface area contributed by atoms with Crippen LogP contribution >= 0.6 is 27.7 Å². The van der Waals surface area contributed by atoms with E-state index in [1.54, 1.807) is 0 Å². The highest BCUT2D eigenvalue weighted by atomic mass is 79.9. The SMILES string of the molecule is COC(=O)c1cc(Br)c(F)cc1N1CC(SC(C)=O)CC1=O. The molecule has 5 nitrogen and oxygen atoms in total. The predicted molar refractivity (Wildman–Crippen MR) is 84.5 cm³/mol. The number of rotatable bonds is 3. The Morgan fingerprint density at radius 2 is 2.14 bits per heavy atom. The van der Waals surface area contributed by atoms with Gasteiger partial charge in [0.15, 0.2) is 5.12 Å². The van der Waals surface area contributed by atoms with Gasteiger partial charge in [-0.2, -0.15) is 0 Å². The molecule has 0 saturated carbocycles. The van der Waals surface area contributed by atoms with Gasteiger partial charge in [0.1, 0.15) is 5.82 Å². The van der Waals surface area contributed by atoms with E-state index in [0.29, 0.717) is 0 Å². The van der Waals surface area contributed by atoms with Crippen LogP contribution in [-0.2, 0) is 14.3 Å². The highest BCUT2D eigenvalue weighted by Gasteiger charge is 2.34. The molecule has 2 rings (SSSR count). The van der Waals surface area contributed by atoms with Gasteiger partial charge in [-0.15, -0.1) is 0 Å². The first kappa shape index (κ1) is 17.0. The second-order valence-corrected chi connectivity index (χ2v) is 7.05. The summed E-state index contributed by atoms with van der Waals surface area (Å²) >= 11 is 4.08. The molecule has 1 heterocycles. The van der Waals surface area contributed by atoms with Gasteiger partial charge in [-0.3, -0.25) is 9.59 Å². The number of ether oxygens (including phenoxy) is 1. The van der Waals surface area contributed by atoms with Gasteiger partial charge in [0, 0.05) is 25.1 Å². The Kier molecular flexibility index (Phi) is 5.23. The molecule has 1 fully saturated rings. The molecule has 1 atom stereocenters. The molecule has 1 amide bonds. The van der Waals surface area contributed by atoms with Crippen molar-refractivity contribution in [2.24, 2.45) is 0 Å². The Hall–Kier alpha value is -1.41. The third-order valence-corrected chi connectivity index (χ3v) is 4.75. The van der Waals surface area contributed by atoms with Crippen LogP contribution in [0.3, 0.4) is 0 Å². The van der Waals surface area contributed by atoms with E-state index in [4.69, 9.17) is 0 Å². The maximum atomic E-state index is 13.8. The standard InChI is InChI=1S/C14H13BrFNO4S/c1-7(18)22-8-3-13(19)17(6-8)12-5-11(16)10(15)4-9(12)14(20)21-2/h4-5,8H,3,6H2,1-2H3. The van der Waals surface area contributed by atoms with Gasteiger partial charge in [-0.1, -0.05) is 11.8 Å². The quantitative estimate of drug-likeness (QED) is 0.743. The van der Waals surface area contributed by atoms with E-state index in [2.05, 4.69) is 20.7 Å². The number of carbonyl (C=O) groups excluding carboxylic acids is 3. The molecule has 1 aromatic carbocycles. The van der Waals surface area contributed by atoms with Crippen molar-refractivity contribution in [3.05, 3.63) is 28.0 Å². The van der Waals surface area contributed by atoms with E-state index >= 15 is 0 Å². The first-order valence-corrected chi connectivity index (χ1v) is 8.05. The van der Waals surface area contributed by atoms with Gasteiger partial charge in [0.05, 0.1) is 22.8 Å². The summed E-state index contributed by atoms with van der Waals surface area (Å²) in [7, 11) is 1.21. The number of amides is 1. The Balaban J connectivity index is 2.39. The Labute approximate surface area is 139 Å². The Morgan fingerprint density at radius 3 is 2.73 bits per heavy atom. The normalized spacial score (nSPS) is 17.7. The number of thioether (sulfide) groups is 1. The van der Waals surface area contributed by atoms with Crippen molar-refractivity contribution in [2.75, 3.05) is 18.6 Å². The molecule has 1 saturated heterocycles. The summed E-state index contributed by atoms with van der Waals surface area (Å²) in [6, 6.07) is 2.41. The molecule has 0 N–H and O–H groups in total. The lowest BCUT2D eigenvalue weighted by atomic mass is 10.1. The molecule has 1 aliphatic heterocycles.